The SMILES string of the molecule is OC(CNCc1cnc[nH]1)C1CCCCC1. The van der Waals surface area contributed by atoms with Crippen molar-refractivity contribution in [3.63, 3.8) is 0 Å². The van der Waals surface area contributed by atoms with Gasteiger partial charge in [-0.15, -0.1) is 0 Å². The van der Waals surface area contributed by atoms with E-state index >= 15 is 0 Å². The van der Waals surface area contributed by atoms with Crippen molar-refractivity contribution in [2.75, 3.05) is 6.54 Å². The van der Waals surface area contributed by atoms with Gasteiger partial charge in [-0.25, -0.2) is 4.98 Å². The predicted octanol–water partition coefficient (Wildman–Crippen LogP) is 1.44. The molecular weight excluding hydrogens is 202 g/mol. The molecule has 0 saturated heterocycles. The largest absolute Gasteiger partial charge is 0.392 e. The van der Waals surface area contributed by atoms with Crippen molar-refractivity contribution >= 4 is 0 Å². The van der Waals surface area contributed by atoms with Gasteiger partial charge in [-0.1, -0.05) is 19.3 Å². The van der Waals surface area contributed by atoms with Crippen LogP contribution >= 0.6 is 0 Å². The average molecular weight is 223 g/mol. The van der Waals surface area contributed by atoms with Crippen LogP contribution in [-0.2, 0) is 6.54 Å². The van der Waals surface area contributed by atoms with Crippen molar-refractivity contribution in [1.29, 1.82) is 0 Å². The molecule has 3 N–H and O–H groups in total. The third kappa shape index (κ3) is 3.32. The van der Waals surface area contributed by atoms with Crippen LogP contribution in [0.2, 0.25) is 0 Å². The lowest BCUT2D eigenvalue weighted by Gasteiger charge is -2.26. The number of rotatable bonds is 5. The highest BCUT2D eigenvalue weighted by Gasteiger charge is 2.20. The molecule has 1 heterocycles. The molecule has 90 valence electrons. The van der Waals surface area contributed by atoms with E-state index in [4.69, 9.17) is 0 Å². The fourth-order valence-electron chi connectivity index (χ4n) is 2.42. The molecule has 0 bridgehead atoms. The molecule has 4 nitrogen and oxygen atoms in total. The van der Waals surface area contributed by atoms with E-state index in [1.165, 1.54) is 32.1 Å². The number of H-pyrrole nitrogens is 1. The van der Waals surface area contributed by atoms with Gasteiger partial charge >= 0.3 is 0 Å². The highest BCUT2D eigenvalue weighted by atomic mass is 16.3. The number of hydrogen-bond acceptors (Lipinski definition) is 3. The van der Waals surface area contributed by atoms with Crippen LogP contribution in [0.4, 0.5) is 0 Å². The standard InChI is InChI=1S/C12H21N3O/c16-12(10-4-2-1-3-5-10)8-13-6-11-7-14-9-15-11/h7,9-10,12-13,16H,1-6,8H2,(H,14,15). The molecule has 4 heteroatoms. The summed E-state index contributed by atoms with van der Waals surface area (Å²) in [4.78, 5) is 6.99. The third-order valence-corrected chi connectivity index (χ3v) is 3.42. The summed E-state index contributed by atoms with van der Waals surface area (Å²) in [6.07, 6.45) is 9.56. The summed E-state index contributed by atoms with van der Waals surface area (Å²) in [7, 11) is 0. The predicted molar refractivity (Wildman–Crippen MR) is 62.9 cm³/mol. The van der Waals surface area contributed by atoms with Crippen molar-refractivity contribution in [3.8, 4) is 0 Å². The molecule has 1 aromatic heterocycles. The van der Waals surface area contributed by atoms with Crippen molar-refractivity contribution in [3.05, 3.63) is 18.2 Å². The quantitative estimate of drug-likeness (QED) is 0.708. The lowest BCUT2D eigenvalue weighted by atomic mass is 9.85. The maximum Gasteiger partial charge on any atom is 0.0922 e. The molecule has 1 saturated carbocycles. The van der Waals surface area contributed by atoms with Crippen LogP contribution in [0.3, 0.4) is 0 Å². The average Bonchev–Trinajstić information content (AvgIpc) is 2.83. The Hall–Kier alpha value is -0.870. The van der Waals surface area contributed by atoms with E-state index in [1.54, 1.807) is 12.5 Å². The first kappa shape index (κ1) is 11.6. The van der Waals surface area contributed by atoms with Crippen LogP contribution in [0.15, 0.2) is 12.5 Å². The van der Waals surface area contributed by atoms with Gasteiger partial charge in [-0.05, 0) is 18.8 Å². The monoisotopic (exact) mass is 223 g/mol. The zero-order valence-corrected chi connectivity index (χ0v) is 9.65. The second-order valence-corrected chi connectivity index (χ2v) is 4.67. The molecular formula is C12H21N3O. The molecule has 0 amide bonds. The summed E-state index contributed by atoms with van der Waals surface area (Å²) in [5, 5.41) is 13.3. The summed E-state index contributed by atoms with van der Waals surface area (Å²) in [5.41, 5.74) is 1.07. The summed E-state index contributed by atoms with van der Waals surface area (Å²) in [6.45, 7) is 1.44. The molecule has 0 spiro atoms. The van der Waals surface area contributed by atoms with Gasteiger partial charge in [0.2, 0.25) is 0 Å². The molecule has 0 aliphatic heterocycles. The zero-order chi connectivity index (χ0) is 11.2. The summed E-state index contributed by atoms with van der Waals surface area (Å²) < 4.78 is 0. The fraction of sp³-hybridized carbons (Fsp3) is 0.750. The van der Waals surface area contributed by atoms with E-state index in [9.17, 15) is 5.11 Å². The minimum atomic E-state index is -0.191. The molecule has 1 aromatic rings. The van der Waals surface area contributed by atoms with Gasteiger partial charge in [0.25, 0.3) is 0 Å². The normalized spacial score (nSPS) is 19.8. The Morgan fingerprint density at radius 1 is 1.44 bits per heavy atom. The Labute approximate surface area is 96.5 Å². The molecule has 1 atom stereocenters. The lowest BCUT2D eigenvalue weighted by Crippen LogP contribution is -2.33. The van der Waals surface area contributed by atoms with E-state index in [0.29, 0.717) is 12.5 Å². The number of nitrogens with one attached hydrogen (secondary N) is 2. The number of aromatic nitrogens is 2. The lowest BCUT2D eigenvalue weighted by molar-refractivity contribution is 0.0838. The maximum absolute atomic E-state index is 10.0. The van der Waals surface area contributed by atoms with E-state index in [1.807, 2.05) is 0 Å². The Kier molecular flexibility index (Phi) is 4.36. The van der Waals surface area contributed by atoms with Crippen LogP contribution in [0.1, 0.15) is 37.8 Å². The maximum atomic E-state index is 10.0. The highest BCUT2D eigenvalue weighted by Crippen LogP contribution is 2.26. The Morgan fingerprint density at radius 3 is 2.94 bits per heavy atom. The molecule has 0 aromatic carbocycles. The Balaban J connectivity index is 1.65. The number of aliphatic hydroxyl groups excluding tert-OH is 1. The van der Waals surface area contributed by atoms with Gasteiger partial charge in [-0.2, -0.15) is 0 Å². The van der Waals surface area contributed by atoms with Crippen molar-refractivity contribution < 1.29 is 5.11 Å². The third-order valence-electron chi connectivity index (χ3n) is 3.42. The molecule has 16 heavy (non-hydrogen) atoms. The summed E-state index contributed by atoms with van der Waals surface area (Å²) >= 11 is 0. The van der Waals surface area contributed by atoms with Gasteiger partial charge in [0.1, 0.15) is 0 Å². The van der Waals surface area contributed by atoms with Gasteiger partial charge in [0.15, 0.2) is 0 Å². The van der Waals surface area contributed by atoms with Gasteiger partial charge < -0.3 is 15.4 Å². The molecule has 1 aliphatic rings. The molecule has 2 rings (SSSR count). The Bertz CT molecular complexity index is 280. The minimum absolute atomic E-state index is 0.191. The number of nitrogens with zero attached hydrogens (tertiary/aromatic N) is 1. The number of aliphatic hydroxyl groups is 1. The Morgan fingerprint density at radius 2 is 2.25 bits per heavy atom. The number of hydrogen-bond donors (Lipinski definition) is 3. The number of imidazole rings is 1. The van der Waals surface area contributed by atoms with Crippen LogP contribution in [0, 0.1) is 5.92 Å². The smallest absolute Gasteiger partial charge is 0.0922 e. The molecule has 1 aliphatic carbocycles. The molecule has 1 fully saturated rings. The second-order valence-electron chi connectivity index (χ2n) is 4.67. The van der Waals surface area contributed by atoms with E-state index in [2.05, 4.69) is 15.3 Å². The van der Waals surface area contributed by atoms with Crippen LogP contribution < -0.4 is 5.32 Å². The highest BCUT2D eigenvalue weighted by molar-refractivity contribution is 4.93. The van der Waals surface area contributed by atoms with Crippen molar-refractivity contribution in [2.24, 2.45) is 5.92 Å². The zero-order valence-electron chi connectivity index (χ0n) is 9.65. The van der Waals surface area contributed by atoms with Gasteiger partial charge in [-0.3, -0.25) is 0 Å². The fourth-order valence-corrected chi connectivity index (χ4v) is 2.42. The minimum Gasteiger partial charge on any atom is -0.392 e. The second kappa shape index (κ2) is 6.01. The number of aromatic amines is 1. The first-order valence-electron chi connectivity index (χ1n) is 6.22. The summed E-state index contributed by atoms with van der Waals surface area (Å²) in [5.74, 6) is 0.503. The molecule has 1 unspecified atom stereocenters. The first-order chi connectivity index (χ1) is 7.86. The summed E-state index contributed by atoms with van der Waals surface area (Å²) in [6, 6.07) is 0. The van der Waals surface area contributed by atoms with Crippen molar-refractivity contribution in [2.45, 2.75) is 44.8 Å². The van der Waals surface area contributed by atoms with Crippen LogP contribution in [-0.4, -0.2) is 27.7 Å². The van der Waals surface area contributed by atoms with Gasteiger partial charge in [0, 0.05) is 25.0 Å². The van der Waals surface area contributed by atoms with Crippen LogP contribution in [0.25, 0.3) is 0 Å². The molecule has 0 radical (unpaired) electrons. The van der Waals surface area contributed by atoms with E-state index < -0.39 is 0 Å². The topological polar surface area (TPSA) is 60.9 Å². The van der Waals surface area contributed by atoms with Gasteiger partial charge in [0.05, 0.1) is 12.4 Å². The van der Waals surface area contributed by atoms with Crippen LogP contribution in [0.5, 0.6) is 0 Å². The van der Waals surface area contributed by atoms with E-state index in [-0.39, 0.29) is 6.10 Å². The van der Waals surface area contributed by atoms with E-state index in [0.717, 1.165) is 12.2 Å². The van der Waals surface area contributed by atoms with Crippen molar-refractivity contribution in [1.82, 2.24) is 15.3 Å². The first-order valence-corrected chi connectivity index (χ1v) is 6.22.